The van der Waals surface area contributed by atoms with Crippen LogP contribution in [0.2, 0.25) is 0 Å². The molecule has 1 amide bonds. The fourth-order valence-electron chi connectivity index (χ4n) is 0.789. The lowest BCUT2D eigenvalue weighted by molar-refractivity contribution is 0.0955. The minimum Gasteiger partial charge on any atom is -0.267 e. The van der Waals surface area contributed by atoms with E-state index in [1.807, 2.05) is 12.1 Å². The molecule has 0 spiro atoms. The van der Waals surface area contributed by atoms with Crippen molar-refractivity contribution in [1.82, 2.24) is 5.43 Å². The van der Waals surface area contributed by atoms with Gasteiger partial charge in [-0.05, 0) is 31.2 Å². The number of nitrogens with one attached hydrogen (secondary N) is 1. The minimum atomic E-state index is -0.203. The SMILES string of the molecule is CC=NNC(=O)c1ccc(Br)cc1. The summed E-state index contributed by atoms with van der Waals surface area (Å²) in [7, 11) is 0. The van der Waals surface area contributed by atoms with Crippen molar-refractivity contribution in [2.75, 3.05) is 0 Å². The molecule has 1 aromatic rings. The Bertz CT molecular complexity index is 319. The van der Waals surface area contributed by atoms with Crippen molar-refractivity contribution < 1.29 is 4.79 Å². The second-order valence-electron chi connectivity index (χ2n) is 2.34. The Hall–Kier alpha value is -1.16. The summed E-state index contributed by atoms with van der Waals surface area (Å²) in [6.07, 6.45) is 1.52. The topological polar surface area (TPSA) is 41.5 Å². The summed E-state index contributed by atoms with van der Waals surface area (Å²) < 4.78 is 0.947. The van der Waals surface area contributed by atoms with Crippen LogP contribution in [0.15, 0.2) is 33.8 Å². The zero-order chi connectivity index (χ0) is 9.68. The van der Waals surface area contributed by atoms with Crippen molar-refractivity contribution in [3.63, 3.8) is 0 Å². The van der Waals surface area contributed by atoms with E-state index in [9.17, 15) is 4.79 Å². The molecular weight excluding hydrogens is 232 g/mol. The van der Waals surface area contributed by atoms with Gasteiger partial charge in [0, 0.05) is 16.3 Å². The third-order valence-electron chi connectivity index (χ3n) is 1.40. The monoisotopic (exact) mass is 240 g/mol. The van der Waals surface area contributed by atoms with Crippen molar-refractivity contribution in [2.45, 2.75) is 6.92 Å². The van der Waals surface area contributed by atoms with Gasteiger partial charge in [-0.1, -0.05) is 15.9 Å². The normalized spacial score (nSPS) is 10.3. The van der Waals surface area contributed by atoms with Crippen LogP contribution >= 0.6 is 15.9 Å². The molecule has 4 heteroatoms. The maximum Gasteiger partial charge on any atom is 0.271 e. The van der Waals surface area contributed by atoms with Crippen molar-refractivity contribution in [3.8, 4) is 0 Å². The first-order valence-corrected chi connectivity index (χ1v) is 4.57. The third kappa shape index (κ3) is 2.99. The van der Waals surface area contributed by atoms with E-state index in [-0.39, 0.29) is 5.91 Å². The highest BCUT2D eigenvalue weighted by molar-refractivity contribution is 9.10. The Kier molecular flexibility index (Phi) is 3.64. The third-order valence-corrected chi connectivity index (χ3v) is 1.93. The van der Waals surface area contributed by atoms with E-state index in [0.29, 0.717) is 5.56 Å². The lowest BCUT2D eigenvalue weighted by Gasteiger charge is -1.98. The Morgan fingerprint density at radius 3 is 2.62 bits per heavy atom. The fourth-order valence-corrected chi connectivity index (χ4v) is 1.05. The van der Waals surface area contributed by atoms with Crippen LogP contribution in [-0.2, 0) is 0 Å². The summed E-state index contributed by atoms with van der Waals surface area (Å²) in [5.41, 5.74) is 2.97. The van der Waals surface area contributed by atoms with Crippen LogP contribution < -0.4 is 5.43 Å². The predicted octanol–water partition coefficient (Wildman–Crippen LogP) is 2.18. The number of hydrazone groups is 1. The predicted molar refractivity (Wildman–Crippen MR) is 55.8 cm³/mol. The molecule has 0 aliphatic heterocycles. The molecule has 1 N–H and O–H groups in total. The molecule has 0 aliphatic rings. The van der Waals surface area contributed by atoms with Crippen molar-refractivity contribution in [3.05, 3.63) is 34.3 Å². The number of hydrogen-bond acceptors (Lipinski definition) is 2. The molecule has 0 saturated heterocycles. The van der Waals surface area contributed by atoms with Crippen LogP contribution in [0.5, 0.6) is 0 Å². The highest BCUT2D eigenvalue weighted by atomic mass is 79.9. The summed E-state index contributed by atoms with van der Waals surface area (Å²) in [6.45, 7) is 1.74. The molecule has 0 bridgehead atoms. The number of carbonyl (C=O) groups excluding carboxylic acids is 1. The molecule has 1 aromatic carbocycles. The first-order valence-electron chi connectivity index (χ1n) is 3.77. The number of amides is 1. The molecule has 0 saturated carbocycles. The molecule has 0 atom stereocenters. The Morgan fingerprint density at radius 1 is 1.46 bits per heavy atom. The van der Waals surface area contributed by atoms with Gasteiger partial charge < -0.3 is 0 Å². The zero-order valence-corrected chi connectivity index (χ0v) is 8.71. The van der Waals surface area contributed by atoms with Gasteiger partial charge >= 0.3 is 0 Å². The summed E-state index contributed by atoms with van der Waals surface area (Å²) in [5, 5.41) is 3.63. The van der Waals surface area contributed by atoms with Crippen LogP contribution in [0.1, 0.15) is 17.3 Å². The smallest absolute Gasteiger partial charge is 0.267 e. The first kappa shape index (κ1) is 9.92. The van der Waals surface area contributed by atoms with Crippen molar-refractivity contribution in [1.29, 1.82) is 0 Å². The van der Waals surface area contributed by atoms with Gasteiger partial charge in [0.15, 0.2) is 0 Å². The highest BCUT2D eigenvalue weighted by Gasteiger charge is 2.01. The van der Waals surface area contributed by atoms with Gasteiger partial charge in [0.25, 0.3) is 5.91 Å². The molecular formula is C9H9BrN2O. The van der Waals surface area contributed by atoms with Crippen LogP contribution in [0.25, 0.3) is 0 Å². The maximum absolute atomic E-state index is 11.3. The molecule has 0 unspecified atom stereocenters. The molecule has 0 fully saturated rings. The van der Waals surface area contributed by atoms with Crippen LogP contribution in [0.4, 0.5) is 0 Å². The lowest BCUT2D eigenvalue weighted by Crippen LogP contribution is -2.16. The second-order valence-corrected chi connectivity index (χ2v) is 3.25. The summed E-state index contributed by atoms with van der Waals surface area (Å²) in [6, 6.07) is 7.07. The maximum atomic E-state index is 11.3. The van der Waals surface area contributed by atoms with Gasteiger partial charge in [-0.2, -0.15) is 5.10 Å². The minimum absolute atomic E-state index is 0.203. The van der Waals surface area contributed by atoms with Gasteiger partial charge in [-0.15, -0.1) is 0 Å². The van der Waals surface area contributed by atoms with Gasteiger partial charge in [-0.25, -0.2) is 5.43 Å². The van der Waals surface area contributed by atoms with E-state index < -0.39 is 0 Å². The molecule has 0 aromatic heterocycles. The number of benzene rings is 1. The van der Waals surface area contributed by atoms with Gasteiger partial charge in [0.05, 0.1) is 0 Å². The Morgan fingerprint density at radius 2 is 2.08 bits per heavy atom. The zero-order valence-electron chi connectivity index (χ0n) is 7.12. The van der Waals surface area contributed by atoms with Crippen molar-refractivity contribution in [2.24, 2.45) is 5.10 Å². The lowest BCUT2D eigenvalue weighted by atomic mass is 10.2. The summed E-state index contributed by atoms with van der Waals surface area (Å²) >= 11 is 3.29. The average Bonchev–Trinajstić information content (AvgIpc) is 2.15. The number of carbonyl (C=O) groups is 1. The largest absolute Gasteiger partial charge is 0.271 e. The van der Waals surface area contributed by atoms with Crippen molar-refractivity contribution >= 4 is 28.1 Å². The van der Waals surface area contributed by atoms with Crippen LogP contribution in [0, 0.1) is 0 Å². The molecule has 3 nitrogen and oxygen atoms in total. The molecule has 13 heavy (non-hydrogen) atoms. The van der Waals surface area contributed by atoms with Gasteiger partial charge in [0.2, 0.25) is 0 Å². The number of nitrogens with zero attached hydrogens (tertiary/aromatic N) is 1. The number of halogens is 1. The molecule has 68 valence electrons. The fraction of sp³-hybridized carbons (Fsp3) is 0.111. The number of hydrogen-bond donors (Lipinski definition) is 1. The van der Waals surface area contributed by atoms with E-state index in [1.54, 1.807) is 19.1 Å². The first-order chi connectivity index (χ1) is 6.24. The summed E-state index contributed by atoms with van der Waals surface area (Å²) in [4.78, 5) is 11.3. The molecule has 1 rings (SSSR count). The van der Waals surface area contributed by atoms with E-state index in [1.165, 1.54) is 6.21 Å². The van der Waals surface area contributed by atoms with E-state index in [4.69, 9.17) is 0 Å². The molecule has 0 heterocycles. The van der Waals surface area contributed by atoms with Gasteiger partial charge in [-0.3, -0.25) is 4.79 Å². The van der Waals surface area contributed by atoms with Crippen LogP contribution in [0.3, 0.4) is 0 Å². The summed E-state index contributed by atoms with van der Waals surface area (Å²) in [5.74, 6) is -0.203. The number of rotatable bonds is 2. The quantitative estimate of drug-likeness (QED) is 0.625. The Labute approximate surface area is 85.0 Å². The highest BCUT2D eigenvalue weighted by Crippen LogP contribution is 2.10. The van der Waals surface area contributed by atoms with Gasteiger partial charge in [0.1, 0.15) is 0 Å². The molecule has 0 radical (unpaired) electrons. The van der Waals surface area contributed by atoms with E-state index >= 15 is 0 Å². The average molecular weight is 241 g/mol. The standard InChI is InChI=1S/C9H9BrN2O/c1-2-11-12-9(13)7-3-5-8(10)6-4-7/h2-6H,1H3,(H,12,13). The molecule has 0 aliphatic carbocycles. The second kappa shape index (κ2) is 4.77. The van der Waals surface area contributed by atoms with E-state index in [2.05, 4.69) is 26.5 Å². The Balaban J connectivity index is 2.72. The van der Waals surface area contributed by atoms with E-state index in [0.717, 1.165) is 4.47 Å². The van der Waals surface area contributed by atoms with Crippen LogP contribution in [-0.4, -0.2) is 12.1 Å².